The van der Waals surface area contributed by atoms with E-state index in [2.05, 4.69) is 38.0 Å². The number of thioether (sulfide) groups is 1. The highest BCUT2D eigenvalue weighted by Gasteiger charge is 2.38. The summed E-state index contributed by atoms with van der Waals surface area (Å²) in [5.74, 6) is -0.638. The highest BCUT2D eigenvalue weighted by atomic mass is 32.2. The second-order valence-corrected chi connectivity index (χ2v) is 6.93. The van der Waals surface area contributed by atoms with Gasteiger partial charge in [0, 0.05) is 11.1 Å². The van der Waals surface area contributed by atoms with Gasteiger partial charge in [0.25, 0.3) is 0 Å². The molecule has 0 N–H and O–H groups in total. The number of nitrogens with zero attached hydrogens (tertiary/aromatic N) is 2. The van der Waals surface area contributed by atoms with Gasteiger partial charge in [-0.2, -0.15) is 0 Å². The number of ether oxygens (including phenoxy) is 1. The lowest BCUT2D eigenvalue weighted by atomic mass is 9.96. The van der Waals surface area contributed by atoms with E-state index in [-0.39, 0.29) is 22.1 Å². The van der Waals surface area contributed by atoms with Gasteiger partial charge in [0.05, 0.1) is 13.5 Å². The minimum atomic E-state index is -0.494. The largest absolute Gasteiger partial charge is 0.461 e. The van der Waals surface area contributed by atoms with E-state index in [1.807, 2.05) is 0 Å². The van der Waals surface area contributed by atoms with Crippen LogP contribution in [0.5, 0.6) is 0 Å². The minimum Gasteiger partial charge on any atom is -0.461 e. The van der Waals surface area contributed by atoms with Crippen molar-refractivity contribution in [3.05, 3.63) is 28.8 Å². The van der Waals surface area contributed by atoms with Gasteiger partial charge < -0.3 is 4.74 Å². The normalized spacial score (nSPS) is 14.0. The van der Waals surface area contributed by atoms with Crippen molar-refractivity contribution >= 4 is 34.4 Å². The summed E-state index contributed by atoms with van der Waals surface area (Å²) in [5, 5.41) is 4.78. The molecule has 5 nitrogen and oxygen atoms in total. The summed E-state index contributed by atoms with van der Waals surface area (Å²) >= 11 is 1.20. The Hall–Kier alpha value is -1.66. The van der Waals surface area contributed by atoms with Crippen molar-refractivity contribution in [1.82, 2.24) is 4.59 Å². The maximum Gasteiger partial charge on any atom is 0.369 e. The Bertz CT molecular complexity index is 675. The molecule has 0 radical (unpaired) electrons. The fraction of sp³-hybridized carbons (Fsp3) is 0.550. The number of rotatable bonds is 6. The molecule has 0 fully saturated rings. The van der Waals surface area contributed by atoms with Gasteiger partial charge >= 0.3 is 11.9 Å². The SMILES string of the molecule is CCOC(=O)C(=N[N+](C)(C(C)=O)c1c(CC)cc(CC)cc1CC)SC. The van der Waals surface area contributed by atoms with E-state index < -0.39 is 5.97 Å². The summed E-state index contributed by atoms with van der Waals surface area (Å²) in [7, 11) is 1.75. The first-order valence-electron chi connectivity index (χ1n) is 9.13. The molecule has 1 rings (SSSR count). The van der Waals surface area contributed by atoms with E-state index in [0.29, 0.717) is 0 Å². The minimum absolute atomic E-state index is 0.144. The van der Waals surface area contributed by atoms with Crippen LogP contribution in [0.2, 0.25) is 0 Å². The van der Waals surface area contributed by atoms with Crippen molar-refractivity contribution in [1.29, 1.82) is 0 Å². The second kappa shape index (κ2) is 9.88. The van der Waals surface area contributed by atoms with Gasteiger partial charge in [-0.1, -0.05) is 37.6 Å². The average molecular weight is 380 g/mol. The number of amides is 1. The Balaban J connectivity index is 3.73. The lowest BCUT2D eigenvalue weighted by Gasteiger charge is -2.28. The molecule has 144 valence electrons. The van der Waals surface area contributed by atoms with Crippen LogP contribution >= 0.6 is 11.8 Å². The van der Waals surface area contributed by atoms with Crippen LogP contribution in [0, 0.1) is 0 Å². The molecule has 0 saturated heterocycles. The Kier molecular flexibility index (Phi) is 8.50. The molecular weight excluding hydrogens is 348 g/mol. The molecule has 26 heavy (non-hydrogen) atoms. The Morgan fingerprint density at radius 2 is 1.62 bits per heavy atom. The number of carbonyl (C=O) groups excluding carboxylic acids is 2. The molecule has 0 spiro atoms. The van der Waals surface area contributed by atoms with Crippen LogP contribution in [0.4, 0.5) is 5.69 Å². The van der Waals surface area contributed by atoms with Gasteiger partial charge in [-0.15, -0.1) is 4.59 Å². The van der Waals surface area contributed by atoms with Crippen LogP contribution in [-0.2, 0) is 33.6 Å². The zero-order valence-electron chi connectivity index (χ0n) is 17.0. The smallest absolute Gasteiger partial charge is 0.369 e. The van der Waals surface area contributed by atoms with Gasteiger partial charge in [-0.05, 0) is 50.1 Å². The van der Waals surface area contributed by atoms with E-state index in [1.54, 1.807) is 20.2 Å². The number of hydrogen-bond donors (Lipinski definition) is 0. The fourth-order valence-electron chi connectivity index (χ4n) is 2.95. The molecule has 0 aliphatic carbocycles. The Morgan fingerprint density at radius 3 is 1.96 bits per heavy atom. The van der Waals surface area contributed by atoms with Crippen molar-refractivity contribution in [2.45, 2.75) is 53.9 Å². The van der Waals surface area contributed by atoms with E-state index in [1.165, 1.54) is 24.2 Å². The zero-order chi connectivity index (χ0) is 19.9. The molecule has 0 saturated carbocycles. The van der Waals surface area contributed by atoms with Crippen molar-refractivity contribution in [2.75, 3.05) is 19.9 Å². The molecule has 0 aromatic heterocycles. The maximum atomic E-state index is 12.7. The summed E-state index contributed by atoms with van der Waals surface area (Å²) in [4.78, 5) is 24.9. The standard InChI is InChI=1S/C20H31N2O3S/c1-8-15-12-16(9-2)18(17(10-3)13-15)22(6,14(5)23)21-19(26-7)20(24)25-11-4/h12-13H,8-11H2,1-7H3/q+1. The van der Waals surface area contributed by atoms with Crippen LogP contribution in [0.1, 0.15) is 51.3 Å². The molecule has 0 bridgehead atoms. The third-order valence-corrected chi connectivity index (χ3v) is 5.12. The molecule has 1 amide bonds. The summed E-state index contributed by atoms with van der Waals surface area (Å²) in [5.41, 5.74) is 4.30. The lowest BCUT2D eigenvalue weighted by Crippen LogP contribution is -2.46. The van der Waals surface area contributed by atoms with Crippen LogP contribution in [0.15, 0.2) is 17.2 Å². The van der Waals surface area contributed by atoms with Crippen LogP contribution < -0.4 is 4.59 Å². The first kappa shape index (κ1) is 22.4. The molecule has 1 atom stereocenters. The topological polar surface area (TPSA) is 55.7 Å². The van der Waals surface area contributed by atoms with Gasteiger partial charge in [0.15, 0.2) is 5.69 Å². The van der Waals surface area contributed by atoms with Crippen molar-refractivity contribution < 1.29 is 14.3 Å². The van der Waals surface area contributed by atoms with Crippen LogP contribution in [0.25, 0.3) is 0 Å². The lowest BCUT2D eigenvalue weighted by molar-refractivity contribution is -0.134. The average Bonchev–Trinajstić information content (AvgIpc) is 2.64. The van der Waals surface area contributed by atoms with Crippen LogP contribution in [0.3, 0.4) is 0 Å². The van der Waals surface area contributed by atoms with Gasteiger partial charge in [0.1, 0.15) is 7.05 Å². The third-order valence-electron chi connectivity index (χ3n) is 4.48. The Labute approximate surface area is 161 Å². The number of esters is 1. The van der Waals surface area contributed by atoms with Crippen molar-refractivity contribution in [3.63, 3.8) is 0 Å². The Morgan fingerprint density at radius 1 is 1.08 bits per heavy atom. The quantitative estimate of drug-likeness (QED) is 0.245. The summed E-state index contributed by atoms with van der Waals surface area (Å²) in [6.07, 6.45) is 4.29. The van der Waals surface area contributed by atoms with Gasteiger partial charge in [0.2, 0.25) is 5.04 Å². The van der Waals surface area contributed by atoms with E-state index in [9.17, 15) is 9.59 Å². The van der Waals surface area contributed by atoms with E-state index in [4.69, 9.17) is 4.74 Å². The van der Waals surface area contributed by atoms with Gasteiger partial charge in [-0.25, -0.2) is 9.59 Å². The summed E-state index contributed by atoms with van der Waals surface area (Å²) in [6.45, 7) is 9.81. The monoisotopic (exact) mass is 379 g/mol. The molecular formula is C20H31N2O3S+. The fourth-order valence-corrected chi connectivity index (χ4v) is 3.42. The van der Waals surface area contributed by atoms with Crippen molar-refractivity contribution in [3.8, 4) is 0 Å². The highest BCUT2D eigenvalue weighted by Crippen LogP contribution is 2.34. The van der Waals surface area contributed by atoms with E-state index >= 15 is 0 Å². The first-order valence-corrected chi connectivity index (χ1v) is 10.3. The highest BCUT2D eigenvalue weighted by molar-refractivity contribution is 8.15. The van der Waals surface area contributed by atoms with Crippen molar-refractivity contribution in [2.24, 2.45) is 5.10 Å². The number of quaternary nitrogens is 1. The molecule has 0 aliphatic heterocycles. The molecule has 0 heterocycles. The van der Waals surface area contributed by atoms with E-state index in [0.717, 1.165) is 36.1 Å². The molecule has 1 aromatic rings. The zero-order valence-corrected chi connectivity index (χ0v) is 17.8. The molecule has 1 aromatic carbocycles. The number of benzene rings is 1. The molecule has 1 unspecified atom stereocenters. The third kappa shape index (κ3) is 4.74. The number of hydrogen-bond acceptors (Lipinski definition) is 5. The first-order chi connectivity index (χ1) is 12.3. The molecule has 0 aliphatic rings. The van der Waals surface area contributed by atoms with Crippen LogP contribution in [-0.4, -0.2) is 36.8 Å². The second-order valence-electron chi connectivity index (χ2n) is 6.13. The molecule has 6 heteroatoms. The summed E-state index contributed by atoms with van der Waals surface area (Å²) < 4.78 is 4.81. The predicted octanol–water partition coefficient (Wildman–Crippen LogP) is 4.10. The van der Waals surface area contributed by atoms with Gasteiger partial charge in [-0.3, -0.25) is 0 Å². The number of carbonyl (C=O) groups is 2. The maximum absolute atomic E-state index is 12.7. The number of aryl methyl sites for hydroxylation is 3. The predicted molar refractivity (Wildman–Crippen MR) is 111 cm³/mol. The summed E-state index contributed by atoms with van der Waals surface area (Å²) in [6, 6.07) is 4.29.